The van der Waals surface area contributed by atoms with E-state index in [1.165, 1.54) is 19.1 Å². The predicted molar refractivity (Wildman–Crippen MR) is 123 cm³/mol. The molecule has 0 bridgehead atoms. The molecule has 2 aliphatic carbocycles. The topological polar surface area (TPSA) is 67.9 Å². The molecule has 2 atom stereocenters. The molecule has 0 radical (unpaired) electrons. The van der Waals surface area contributed by atoms with Gasteiger partial charge in [-0.05, 0) is 49.7 Å². The van der Waals surface area contributed by atoms with E-state index in [1.54, 1.807) is 6.08 Å². The summed E-state index contributed by atoms with van der Waals surface area (Å²) in [6.45, 7) is 5.62. The van der Waals surface area contributed by atoms with E-state index in [0.717, 1.165) is 43.2 Å². The van der Waals surface area contributed by atoms with E-state index in [9.17, 15) is 9.59 Å². The number of amides is 2. The lowest BCUT2D eigenvalue weighted by Gasteiger charge is -2.44. The van der Waals surface area contributed by atoms with Gasteiger partial charge in [0.25, 0.3) is 0 Å². The average molecular weight is 439 g/mol. The summed E-state index contributed by atoms with van der Waals surface area (Å²) >= 11 is 0. The van der Waals surface area contributed by atoms with Gasteiger partial charge >= 0.3 is 0 Å². The van der Waals surface area contributed by atoms with E-state index in [0.29, 0.717) is 19.7 Å². The van der Waals surface area contributed by atoms with Crippen LogP contribution in [0.3, 0.4) is 0 Å². The molecule has 0 aromatic heterocycles. The van der Waals surface area contributed by atoms with Crippen molar-refractivity contribution < 1.29 is 19.1 Å². The molecule has 2 amide bonds. The Morgan fingerprint density at radius 2 is 2.03 bits per heavy atom. The number of rotatable bonds is 7. The Bertz CT molecular complexity index is 886. The summed E-state index contributed by atoms with van der Waals surface area (Å²) in [6.07, 6.45) is 9.44. The number of allylic oxidation sites excluding steroid dienone is 1. The summed E-state index contributed by atoms with van der Waals surface area (Å²) in [4.78, 5) is 27.5. The van der Waals surface area contributed by atoms with Crippen molar-refractivity contribution in [1.82, 2.24) is 10.2 Å². The van der Waals surface area contributed by atoms with Crippen molar-refractivity contribution in [2.75, 3.05) is 33.4 Å². The van der Waals surface area contributed by atoms with E-state index in [-0.39, 0.29) is 36.0 Å². The van der Waals surface area contributed by atoms with Crippen LogP contribution in [0.1, 0.15) is 55.7 Å². The minimum atomic E-state index is -0.253. The fourth-order valence-corrected chi connectivity index (χ4v) is 5.68. The monoisotopic (exact) mass is 438 g/mol. The Labute approximate surface area is 190 Å². The zero-order chi connectivity index (χ0) is 22.6. The highest BCUT2D eigenvalue weighted by atomic mass is 16.5. The third-order valence-electron chi connectivity index (χ3n) is 7.17. The molecular formula is C26H34N2O4. The highest BCUT2D eigenvalue weighted by Crippen LogP contribution is 2.52. The van der Waals surface area contributed by atoms with Crippen molar-refractivity contribution in [3.63, 3.8) is 0 Å². The SMILES string of the molecule is C=CCO[C@H]1[C@H](NC(=O)COC)c2ccccc2C12CCN(C(=O)C1=CCCCC1)CC2. The Hall–Kier alpha value is -2.44. The molecule has 1 aromatic rings. The first kappa shape index (κ1) is 22.7. The van der Waals surface area contributed by atoms with E-state index in [4.69, 9.17) is 9.47 Å². The molecule has 1 fully saturated rings. The lowest BCUT2D eigenvalue weighted by molar-refractivity contribution is -0.130. The molecule has 1 heterocycles. The highest BCUT2D eigenvalue weighted by molar-refractivity contribution is 5.93. The van der Waals surface area contributed by atoms with Gasteiger partial charge in [-0.1, -0.05) is 36.4 Å². The molecule has 1 aliphatic heterocycles. The minimum absolute atomic E-state index is 0.0111. The van der Waals surface area contributed by atoms with Crippen LogP contribution in [0.5, 0.6) is 0 Å². The molecule has 6 heteroatoms. The molecule has 32 heavy (non-hydrogen) atoms. The molecule has 6 nitrogen and oxygen atoms in total. The summed E-state index contributed by atoms with van der Waals surface area (Å²) in [5.41, 5.74) is 3.05. The van der Waals surface area contributed by atoms with Gasteiger partial charge in [0.15, 0.2) is 0 Å². The van der Waals surface area contributed by atoms with Crippen molar-refractivity contribution in [1.29, 1.82) is 0 Å². The van der Waals surface area contributed by atoms with Gasteiger partial charge in [0, 0.05) is 31.2 Å². The first-order chi connectivity index (χ1) is 15.6. The molecule has 0 saturated carbocycles. The van der Waals surface area contributed by atoms with Crippen LogP contribution in [0, 0.1) is 0 Å². The zero-order valence-electron chi connectivity index (χ0n) is 19.0. The Balaban J connectivity index is 1.60. The number of benzene rings is 1. The van der Waals surface area contributed by atoms with Crippen LogP contribution in [0.15, 0.2) is 48.6 Å². The van der Waals surface area contributed by atoms with Crippen molar-refractivity contribution in [3.05, 3.63) is 59.7 Å². The molecule has 1 N–H and O–H groups in total. The van der Waals surface area contributed by atoms with Gasteiger partial charge < -0.3 is 19.7 Å². The van der Waals surface area contributed by atoms with Crippen molar-refractivity contribution in [2.24, 2.45) is 0 Å². The maximum Gasteiger partial charge on any atom is 0.249 e. The number of nitrogens with zero attached hydrogens (tertiary/aromatic N) is 1. The normalized spacial score (nSPS) is 24.0. The number of fused-ring (bicyclic) bond motifs is 2. The summed E-state index contributed by atoms with van der Waals surface area (Å²) in [5.74, 6) is 0.0349. The second-order valence-corrected chi connectivity index (χ2v) is 9.03. The van der Waals surface area contributed by atoms with Gasteiger partial charge in [0.2, 0.25) is 11.8 Å². The summed E-state index contributed by atoms with van der Waals surface area (Å²) in [6, 6.07) is 8.04. The third kappa shape index (κ3) is 4.26. The Morgan fingerprint density at radius 1 is 1.25 bits per heavy atom. The second-order valence-electron chi connectivity index (χ2n) is 9.03. The fraction of sp³-hybridized carbons (Fsp3) is 0.538. The Kier molecular flexibility index (Phi) is 7.11. The predicted octanol–water partition coefficient (Wildman–Crippen LogP) is 3.44. The van der Waals surface area contributed by atoms with Crippen LogP contribution in [-0.2, 0) is 24.5 Å². The quantitative estimate of drug-likeness (QED) is 0.663. The molecule has 4 rings (SSSR count). The van der Waals surface area contributed by atoms with Crippen molar-refractivity contribution in [2.45, 2.75) is 56.1 Å². The van der Waals surface area contributed by atoms with E-state index in [1.807, 2.05) is 11.0 Å². The second kappa shape index (κ2) is 10.0. The minimum Gasteiger partial charge on any atom is -0.375 e. The first-order valence-corrected chi connectivity index (χ1v) is 11.7. The van der Waals surface area contributed by atoms with Crippen LogP contribution < -0.4 is 5.32 Å². The van der Waals surface area contributed by atoms with Crippen molar-refractivity contribution in [3.8, 4) is 0 Å². The van der Waals surface area contributed by atoms with Gasteiger partial charge in [-0.25, -0.2) is 0 Å². The average Bonchev–Trinajstić information content (AvgIpc) is 3.07. The van der Waals surface area contributed by atoms with Gasteiger partial charge in [-0.2, -0.15) is 0 Å². The smallest absolute Gasteiger partial charge is 0.249 e. The number of nitrogens with one attached hydrogen (secondary N) is 1. The van der Waals surface area contributed by atoms with E-state index < -0.39 is 0 Å². The molecule has 0 unspecified atom stereocenters. The molecule has 172 valence electrons. The third-order valence-corrected chi connectivity index (χ3v) is 7.17. The Morgan fingerprint density at radius 3 is 2.72 bits per heavy atom. The van der Waals surface area contributed by atoms with Crippen LogP contribution in [0.4, 0.5) is 0 Å². The molecule has 1 spiro atoms. The van der Waals surface area contributed by atoms with Crippen LogP contribution in [0.25, 0.3) is 0 Å². The molecule has 1 saturated heterocycles. The summed E-state index contributed by atoms with van der Waals surface area (Å²) in [5, 5.41) is 3.14. The van der Waals surface area contributed by atoms with E-state index in [2.05, 4.69) is 36.2 Å². The van der Waals surface area contributed by atoms with Crippen LogP contribution >= 0.6 is 0 Å². The molecule has 1 aromatic carbocycles. The van der Waals surface area contributed by atoms with Crippen molar-refractivity contribution >= 4 is 11.8 Å². The standard InChI is InChI=1S/C26H34N2O4/c1-3-17-32-24-23(27-22(29)18-31-2)20-11-7-8-12-21(20)26(24)13-15-28(16-14-26)25(30)19-9-5-4-6-10-19/h3,7-9,11-12,23-24H,1,4-6,10,13-18H2,2H3,(H,27,29)/t23-,24+/m1/s1. The van der Waals surface area contributed by atoms with Crippen LogP contribution in [-0.4, -0.2) is 56.2 Å². The zero-order valence-corrected chi connectivity index (χ0v) is 19.0. The number of likely N-dealkylation sites (tertiary alicyclic amines) is 1. The number of piperidine rings is 1. The number of carbonyl (C=O) groups is 2. The molecular weight excluding hydrogens is 404 g/mol. The van der Waals surface area contributed by atoms with E-state index >= 15 is 0 Å². The van der Waals surface area contributed by atoms with Gasteiger partial charge in [-0.15, -0.1) is 6.58 Å². The first-order valence-electron chi connectivity index (χ1n) is 11.7. The number of methoxy groups -OCH3 is 1. The summed E-state index contributed by atoms with van der Waals surface area (Å²) < 4.78 is 11.4. The number of hydrogen-bond acceptors (Lipinski definition) is 4. The largest absolute Gasteiger partial charge is 0.375 e. The van der Waals surface area contributed by atoms with Gasteiger partial charge in [-0.3, -0.25) is 9.59 Å². The number of ether oxygens (including phenoxy) is 2. The maximum absolute atomic E-state index is 13.1. The fourth-order valence-electron chi connectivity index (χ4n) is 5.68. The van der Waals surface area contributed by atoms with Gasteiger partial charge in [0.05, 0.1) is 18.8 Å². The summed E-state index contributed by atoms with van der Waals surface area (Å²) in [7, 11) is 1.52. The number of hydrogen-bond donors (Lipinski definition) is 1. The highest BCUT2D eigenvalue weighted by Gasteiger charge is 2.54. The number of carbonyl (C=O) groups excluding carboxylic acids is 2. The van der Waals surface area contributed by atoms with Crippen LogP contribution in [0.2, 0.25) is 0 Å². The lowest BCUT2D eigenvalue weighted by Crippen LogP contribution is -2.52. The molecule has 3 aliphatic rings. The maximum atomic E-state index is 13.1. The van der Waals surface area contributed by atoms with Gasteiger partial charge in [0.1, 0.15) is 6.61 Å². The lowest BCUT2D eigenvalue weighted by atomic mass is 9.71.